The van der Waals surface area contributed by atoms with E-state index in [2.05, 4.69) is 10.6 Å². The predicted octanol–water partition coefficient (Wildman–Crippen LogP) is 3.06. The summed E-state index contributed by atoms with van der Waals surface area (Å²) in [4.78, 5) is 23.2. The lowest BCUT2D eigenvalue weighted by Gasteiger charge is -2.16. The molecule has 0 saturated heterocycles. The maximum atomic E-state index is 12.2. The fourth-order valence-corrected chi connectivity index (χ4v) is 2.04. The van der Waals surface area contributed by atoms with E-state index < -0.39 is 6.10 Å². The van der Waals surface area contributed by atoms with Crippen molar-refractivity contribution >= 4 is 23.2 Å². The lowest BCUT2D eigenvalue weighted by atomic mass is 10.2. The smallest absolute Gasteiger partial charge is 0.265 e. The van der Waals surface area contributed by atoms with E-state index in [1.165, 1.54) is 6.92 Å². The van der Waals surface area contributed by atoms with Crippen molar-refractivity contribution in [1.29, 1.82) is 0 Å². The zero-order chi connectivity index (χ0) is 17.5. The SMILES string of the molecule is COc1ccccc1O[C@@H](C)C(=O)Nc1ccc(NC(C)=O)cc1. The lowest BCUT2D eigenvalue weighted by Crippen LogP contribution is -2.30. The molecule has 0 aliphatic rings. The molecule has 0 aliphatic carbocycles. The number of carbonyl (C=O) groups excluding carboxylic acids is 2. The van der Waals surface area contributed by atoms with Gasteiger partial charge in [-0.2, -0.15) is 0 Å². The van der Waals surface area contributed by atoms with Crippen LogP contribution in [0.3, 0.4) is 0 Å². The fourth-order valence-electron chi connectivity index (χ4n) is 2.04. The van der Waals surface area contributed by atoms with Gasteiger partial charge in [0.25, 0.3) is 5.91 Å². The first-order valence-electron chi connectivity index (χ1n) is 7.48. The Morgan fingerprint density at radius 2 is 1.46 bits per heavy atom. The van der Waals surface area contributed by atoms with E-state index in [1.54, 1.807) is 50.4 Å². The van der Waals surface area contributed by atoms with Gasteiger partial charge in [0.1, 0.15) is 0 Å². The fraction of sp³-hybridized carbons (Fsp3) is 0.222. The van der Waals surface area contributed by atoms with E-state index in [4.69, 9.17) is 9.47 Å². The van der Waals surface area contributed by atoms with Crippen LogP contribution in [0.15, 0.2) is 48.5 Å². The Bertz CT molecular complexity index is 713. The first-order chi connectivity index (χ1) is 11.5. The third-order valence-corrected chi connectivity index (χ3v) is 3.21. The molecule has 2 amide bonds. The van der Waals surface area contributed by atoms with Crippen molar-refractivity contribution in [3.63, 3.8) is 0 Å². The van der Waals surface area contributed by atoms with Gasteiger partial charge < -0.3 is 20.1 Å². The molecule has 0 bridgehead atoms. The average Bonchev–Trinajstić information content (AvgIpc) is 2.56. The number of hydrogen-bond acceptors (Lipinski definition) is 4. The van der Waals surface area contributed by atoms with E-state index >= 15 is 0 Å². The van der Waals surface area contributed by atoms with Gasteiger partial charge in [-0.1, -0.05) is 12.1 Å². The number of anilines is 2. The summed E-state index contributed by atoms with van der Waals surface area (Å²) < 4.78 is 10.9. The zero-order valence-corrected chi connectivity index (χ0v) is 13.8. The van der Waals surface area contributed by atoms with Crippen molar-refractivity contribution in [3.8, 4) is 11.5 Å². The van der Waals surface area contributed by atoms with Gasteiger partial charge >= 0.3 is 0 Å². The number of methoxy groups -OCH3 is 1. The molecule has 0 fully saturated rings. The molecule has 2 aromatic carbocycles. The number of carbonyl (C=O) groups is 2. The molecule has 2 aromatic rings. The molecule has 0 heterocycles. The molecule has 0 spiro atoms. The maximum Gasteiger partial charge on any atom is 0.265 e. The van der Waals surface area contributed by atoms with Gasteiger partial charge in [0.05, 0.1) is 7.11 Å². The van der Waals surface area contributed by atoms with Gasteiger partial charge in [-0.05, 0) is 43.3 Å². The van der Waals surface area contributed by atoms with Crippen LogP contribution in [0.4, 0.5) is 11.4 Å². The summed E-state index contributed by atoms with van der Waals surface area (Å²) in [6.45, 7) is 3.10. The second-order valence-corrected chi connectivity index (χ2v) is 5.16. The number of ether oxygens (including phenoxy) is 2. The summed E-state index contributed by atoms with van der Waals surface area (Å²) in [6, 6.07) is 14.0. The molecule has 2 rings (SSSR count). The quantitative estimate of drug-likeness (QED) is 0.854. The van der Waals surface area contributed by atoms with E-state index in [1.807, 2.05) is 12.1 Å². The lowest BCUT2D eigenvalue weighted by molar-refractivity contribution is -0.122. The van der Waals surface area contributed by atoms with Crippen LogP contribution in [0.5, 0.6) is 11.5 Å². The average molecular weight is 328 g/mol. The molecule has 24 heavy (non-hydrogen) atoms. The largest absolute Gasteiger partial charge is 0.493 e. The van der Waals surface area contributed by atoms with Gasteiger partial charge in [0, 0.05) is 18.3 Å². The summed E-state index contributed by atoms with van der Waals surface area (Å²) >= 11 is 0. The van der Waals surface area contributed by atoms with Crippen LogP contribution in [0.25, 0.3) is 0 Å². The third-order valence-electron chi connectivity index (χ3n) is 3.21. The summed E-state index contributed by atoms with van der Waals surface area (Å²) in [5, 5.41) is 5.43. The first-order valence-corrected chi connectivity index (χ1v) is 7.48. The van der Waals surface area contributed by atoms with Crippen molar-refractivity contribution in [2.75, 3.05) is 17.7 Å². The van der Waals surface area contributed by atoms with Gasteiger partial charge in [-0.25, -0.2) is 0 Å². The number of para-hydroxylation sites is 2. The van der Waals surface area contributed by atoms with Crippen molar-refractivity contribution < 1.29 is 19.1 Å². The third kappa shape index (κ3) is 4.74. The number of amides is 2. The Morgan fingerprint density at radius 1 is 0.917 bits per heavy atom. The molecule has 126 valence electrons. The molecular formula is C18H20N2O4. The zero-order valence-electron chi connectivity index (χ0n) is 13.8. The van der Waals surface area contributed by atoms with E-state index in [0.717, 1.165) is 0 Å². The molecule has 1 atom stereocenters. The molecular weight excluding hydrogens is 308 g/mol. The number of benzene rings is 2. The van der Waals surface area contributed by atoms with Crippen LogP contribution >= 0.6 is 0 Å². The highest BCUT2D eigenvalue weighted by Crippen LogP contribution is 2.27. The van der Waals surface area contributed by atoms with Crippen LogP contribution in [0.2, 0.25) is 0 Å². The van der Waals surface area contributed by atoms with Crippen LogP contribution in [0, 0.1) is 0 Å². The van der Waals surface area contributed by atoms with Crippen molar-refractivity contribution in [2.24, 2.45) is 0 Å². The number of hydrogen-bond donors (Lipinski definition) is 2. The van der Waals surface area contributed by atoms with Gasteiger partial charge in [0.15, 0.2) is 17.6 Å². The molecule has 0 radical (unpaired) electrons. The molecule has 6 nitrogen and oxygen atoms in total. The number of nitrogens with one attached hydrogen (secondary N) is 2. The van der Waals surface area contributed by atoms with Gasteiger partial charge in [-0.15, -0.1) is 0 Å². The second kappa shape index (κ2) is 8.01. The highest BCUT2D eigenvalue weighted by molar-refractivity contribution is 5.94. The molecule has 0 saturated carbocycles. The van der Waals surface area contributed by atoms with Crippen LogP contribution < -0.4 is 20.1 Å². The second-order valence-electron chi connectivity index (χ2n) is 5.16. The van der Waals surface area contributed by atoms with Crippen LogP contribution in [0.1, 0.15) is 13.8 Å². The Labute approximate surface area is 140 Å². The van der Waals surface area contributed by atoms with Crippen molar-refractivity contribution in [3.05, 3.63) is 48.5 Å². The minimum absolute atomic E-state index is 0.148. The Kier molecular flexibility index (Phi) is 5.78. The van der Waals surface area contributed by atoms with Crippen LogP contribution in [-0.4, -0.2) is 25.0 Å². The Hall–Kier alpha value is -3.02. The van der Waals surface area contributed by atoms with Crippen molar-refractivity contribution in [1.82, 2.24) is 0 Å². The van der Waals surface area contributed by atoms with Gasteiger partial charge in [0.2, 0.25) is 5.91 Å². The maximum absolute atomic E-state index is 12.2. The molecule has 0 unspecified atom stereocenters. The Morgan fingerprint density at radius 3 is 2.00 bits per heavy atom. The standard InChI is InChI=1S/C18H20N2O4/c1-12(24-17-7-5-4-6-16(17)23-3)18(22)20-15-10-8-14(9-11-15)19-13(2)21/h4-12H,1-3H3,(H,19,21)(H,20,22)/t12-/m0/s1. The Balaban J connectivity index is 1.97. The van der Waals surface area contributed by atoms with Crippen LogP contribution in [-0.2, 0) is 9.59 Å². The highest BCUT2D eigenvalue weighted by Gasteiger charge is 2.16. The topological polar surface area (TPSA) is 76.7 Å². The summed E-state index contributed by atoms with van der Waals surface area (Å²) in [5.74, 6) is 0.638. The van der Waals surface area contributed by atoms with E-state index in [0.29, 0.717) is 22.9 Å². The highest BCUT2D eigenvalue weighted by atomic mass is 16.5. The van der Waals surface area contributed by atoms with Gasteiger partial charge in [-0.3, -0.25) is 9.59 Å². The number of rotatable bonds is 6. The molecule has 6 heteroatoms. The molecule has 0 aromatic heterocycles. The van der Waals surface area contributed by atoms with E-state index in [9.17, 15) is 9.59 Å². The predicted molar refractivity (Wildman–Crippen MR) is 92.5 cm³/mol. The monoisotopic (exact) mass is 328 g/mol. The summed E-state index contributed by atoms with van der Waals surface area (Å²) in [7, 11) is 1.55. The molecule has 2 N–H and O–H groups in total. The minimum atomic E-state index is -0.698. The first kappa shape index (κ1) is 17.3. The normalized spacial score (nSPS) is 11.3. The summed E-state index contributed by atoms with van der Waals surface area (Å²) in [5.41, 5.74) is 1.28. The van der Waals surface area contributed by atoms with E-state index in [-0.39, 0.29) is 11.8 Å². The summed E-state index contributed by atoms with van der Waals surface area (Å²) in [6.07, 6.45) is -0.698. The van der Waals surface area contributed by atoms with Crippen molar-refractivity contribution in [2.45, 2.75) is 20.0 Å². The molecule has 0 aliphatic heterocycles. The minimum Gasteiger partial charge on any atom is -0.493 e.